The predicted molar refractivity (Wildman–Crippen MR) is 78.4 cm³/mol. The van der Waals surface area contributed by atoms with Crippen molar-refractivity contribution in [2.75, 3.05) is 7.11 Å². The zero-order valence-electron chi connectivity index (χ0n) is 12.1. The molecule has 23 heavy (non-hydrogen) atoms. The smallest absolute Gasteiger partial charge is 0.425 e. The summed E-state index contributed by atoms with van der Waals surface area (Å²) in [6.07, 6.45) is -3.60. The van der Waals surface area contributed by atoms with Crippen molar-refractivity contribution in [3.05, 3.63) is 71.6 Å². The number of ether oxygens (including phenoxy) is 1. The quantitative estimate of drug-likeness (QED) is 0.849. The van der Waals surface area contributed by atoms with Crippen LogP contribution in [0, 0.1) is 5.82 Å². The van der Waals surface area contributed by atoms with Crippen LogP contribution in [-0.4, -0.2) is 18.4 Å². The number of halogens is 4. The van der Waals surface area contributed by atoms with Crippen molar-refractivity contribution in [1.82, 2.24) is 0 Å². The molecule has 0 aliphatic carbocycles. The first kappa shape index (κ1) is 17.0. The Morgan fingerprint density at radius 2 is 1.61 bits per heavy atom. The average molecular weight is 326 g/mol. The molecule has 122 valence electrons. The summed E-state index contributed by atoms with van der Waals surface area (Å²) >= 11 is 0. The van der Waals surface area contributed by atoms with Gasteiger partial charge in [0.25, 0.3) is 0 Å². The molecule has 0 aliphatic rings. The van der Waals surface area contributed by atoms with Crippen molar-refractivity contribution >= 4 is 6.08 Å². The third-order valence-electron chi connectivity index (χ3n) is 3.36. The Labute approximate surface area is 130 Å². The summed E-state index contributed by atoms with van der Waals surface area (Å²) in [6, 6.07) is 10.6. The lowest BCUT2D eigenvalue weighted by molar-refractivity contribution is -0.245. The molecule has 0 spiro atoms. The van der Waals surface area contributed by atoms with Gasteiger partial charge in [-0.2, -0.15) is 13.2 Å². The molecule has 2 rings (SSSR count). The molecule has 0 amide bonds. The van der Waals surface area contributed by atoms with E-state index in [1.54, 1.807) is 0 Å². The van der Waals surface area contributed by atoms with Gasteiger partial charge >= 0.3 is 6.18 Å². The van der Waals surface area contributed by atoms with Gasteiger partial charge in [0.05, 0.1) is 7.11 Å². The molecular weight excluding hydrogens is 312 g/mol. The van der Waals surface area contributed by atoms with E-state index in [9.17, 15) is 22.7 Å². The predicted octanol–water partition coefficient (Wildman–Crippen LogP) is 4.30. The van der Waals surface area contributed by atoms with Crippen molar-refractivity contribution < 1.29 is 27.4 Å². The molecule has 0 heterocycles. The van der Waals surface area contributed by atoms with Crippen LogP contribution in [0.5, 0.6) is 5.75 Å². The van der Waals surface area contributed by atoms with Gasteiger partial charge in [0.15, 0.2) is 0 Å². The second-order valence-corrected chi connectivity index (χ2v) is 4.82. The Hall–Kier alpha value is -2.34. The van der Waals surface area contributed by atoms with Gasteiger partial charge in [-0.1, -0.05) is 42.5 Å². The molecule has 0 saturated heterocycles. The summed E-state index contributed by atoms with van der Waals surface area (Å²) in [7, 11) is 1.20. The largest absolute Gasteiger partial charge is 0.496 e. The highest BCUT2D eigenvalue weighted by Crippen LogP contribution is 2.44. The summed E-state index contributed by atoms with van der Waals surface area (Å²) in [5.74, 6) is -0.807. The van der Waals surface area contributed by atoms with E-state index in [0.717, 1.165) is 18.2 Å². The van der Waals surface area contributed by atoms with Crippen LogP contribution in [-0.2, 0) is 5.60 Å². The summed E-state index contributed by atoms with van der Waals surface area (Å²) in [5, 5.41) is 10.3. The molecule has 1 atom stereocenters. The fraction of sp³-hybridized carbons (Fsp3) is 0.176. The summed E-state index contributed by atoms with van der Waals surface area (Å²) in [5.41, 5.74) is -3.84. The number of rotatable bonds is 4. The average Bonchev–Trinajstić information content (AvgIpc) is 2.52. The molecule has 0 radical (unpaired) electrons. The number of methoxy groups -OCH3 is 1. The van der Waals surface area contributed by atoms with Crippen LogP contribution in [0.15, 0.2) is 54.6 Å². The van der Waals surface area contributed by atoms with Crippen LogP contribution < -0.4 is 4.74 Å². The maximum atomic E-state index is 13.6. The lowest BCUT2D eigenvalue weighted by Crippen LogP contribution is -2.40. The second-order valence-electron chi connectivity index (χ2n) is 4.82. The Morgan fingerprint density at radius 3 is 2.22 bits per heavy atom. The monoisotopic (exact) mass is 326 g/mol. The summed E-state index contributed by atoms with van der Waals surface area (Å²) in [6.45, 7) is 0. The van der Waals surface area contributed by atoms with E-state index in [2.05, 4.69) is 0 Å². The van der Waals surface area contributed by atoms with Crippen molar-refractivity contribution in [1.29, 1.82) is 0 Å². The van der Waals surface area contributed by atoms with E-state index in [4.69, 9.17) is 4.74 Å². The van der Waals surface area contributed by atoms with Crippen LogP contribution in [0.3, 0.4) is 0 Å². The van der Waals surface area contributed by atoms with E-state index in [1.165, 1.54) is 43.5 Å². The Balaban J connectivity index is 2.55. The van der Waals surface area contributed by atoms with Crippen LogP contribution >= 0.6 is 0 Å². The molecule has 2 aromatic carbocycles. The number of hydrogen-bond donors (Lipinski definition) is 1. The number of hydrogen-bond acceptors (Lipinski definition) is 2. The van der Waals surface area contributed by atoms with Gasteiger partial charge in [0.1, 0.15) is 11.6 Å². The maximum absolute atomic E-state index is 13.6. The molecule has 0 bridgehead atoms. The molecule has 0 fully saturated rings. The number of para-hydroxylation sites is 1. The standard InChI is InChI=1S/C17H14F4O2/c1-23-15-9-5-3-7-13(15)16(22,17(19,20)21)11-10-12-6-2-4-8-14(12)18/h2-11,22H,1H3. The normalized spacial score (nSPS) is 14.7. The van der Waals surface area contributed by atoms with E-state index in [0.29, 0.717) is 6.08 Å². The Morgan fingerprint density at radius 1 is 1.00 bits per heavy atom. The van der Waals surface area contributed by atoms with Crippen molar-refractivity contribution in [2.24, 2.45) is 0 Å². The minimum Gasteiger partial charge on any atom is -0.496 e. The highest BCUT2D eigenvalue weighted by molar-refractivity contribution is 5.54. The highest BCUT2D eigenvalue weighted by Gasteiger charge is 2.54. The van der Waals surface area contributed by atoms with E-state index in [1.807, 2.05) is 0 Å². The number of aliphatic hydroxyl groups is 1. The SMILES string of the molecule is COc1ccccc1C(O)(C=Cc1ccccc1F)C(F)(F)F. The third-order valence-corrected chi connectivity index (χ3v) is 3.36. The lowest BCUT2D eigenvalue weighted by Gasteiger charge is -2.29. The minimum atomic E-state index is -5.01. The zero-order chi connectivity index (χ0) is 17.1. The molecule has 0 aliphatic heterocycles. The molecular formula is C17H14F4O2. The molecule has 2 nitrogen and oxygen atoms in total. The number of benzene rings is 2. The summed E-state index contributed by atoms with van der Waals surface area (Å²) in [4.78, 5) is 0. The van der Waals surface area contributed by atoms with Gasteiger partial charge in [-0.05, 0) is 18.2 Å². The Kier molecular flexibility index (Phi) is 4.75. The van der Waals surface area contributed by atoms with Crippen LogP contribution in [0.1, 0.15) is 11.1 Å². The van der Waals surface area contributed by atoms with E-state index >= 15 is 0 Å². The first-order valence-electron chi connectivity index (χ1n) is 6.66. The first-order valence-corrected chi connectivity index (χ1v) is 6.66. The van der Waals surface area contributed by atoms with Gasteiger partial charge in [-0.15, -0.1) is 0 Å². The molecule has 2 aromatic rings. The van der Waals surface area contributed by atoms with Gasteiger partial charge in [-0.25, -0.2) is 4.39 Å². The first-order chi connectivity index (χ1) is 10.8. The number of alkyl halides is 3. The topological polar surface area (TPSA) is 29.5 Å². The molecule has 0 aromatic heterocycles. The minimum absolute atomic E-state index is 0.0647. The maximum Gasteiger partial charge on any atom is 0.425 e. The summed E-state index contributed by atoms with van der Waals surface area (Å²) < 4.78 is 58.8. The fourth-order valence-electron chi connectivity index (χ4n) is 2.12. The van der Waals surface area contributed by atoms with Crippen molar-refractivity contribution in [3.8, 4) is 5.75 Å². The van der Waals surface area contributed by atoms with Crippen LogP contribution in [0.2, 0.25) is 0 Å². The fourth-order valence-corrected chi connectivity index (χ4v) is 2.12. The van der Waals surface area contributed by atoms with Gasteiger partial charge in [0, 0.05) is 11.1 Å². The van der Waals surface area contributed by atoms with Crippen LogP contribution in [0.4, 0.5) is 17.6 Å². The van der Waals surface area contributed by atoms with E-state index in [-0.39, 0.29) is 11.3 Å². The van der Waals surface area contributed by atoms with Gasteiger partial charge in [0.2, 0.25) is 5.60 Å². The van der Waals surface area contributed by atoms with Gasteiger partial charge in [-0.3, -0.25) is 0 Å². The molecule has 6 heteroatoms. The van der Waals surface area contributed by atoms with E-state index < -0.39 is 23.2 Å². The highest BCUT2D eigenvalue weighted by atomic mass is 19.4. The lowest BCUT2D eigenvalue weighted by atomic mass is 9.91. The van der Waals surface area contributed by atoms with Crippen molar-refractivity contribution in [2.45, 2.75) is 11.8 Å². The van der Waals surface area contributed by atoms with Crippen LogP contribution in [0.25, 0.3) is 6.08 Å². The zero-order valence-corrected chi connectivity index (χ0v) is 12.1. The molecule has 1 unspecified atom stereocenters. The Bertz CT molecular complexity index is 710. The third kappa shape index (κ3) is 3.37. The van der Waals surface area contributed by atoms with Crippen molar-refractivity contribution in [3.63, 3.8) is 0 Å². The second kappa shape index (κ2) is 6.42. The molecule has 1 N–H and O–H groups in total. The molecule has 0 saturated carbocycles. The van der Waals surface area contributed by atoms with Gasteiger partial charge < -0.3 is 9.84 Å².